The maximum atomic E-state index is 12.4. The molecule has 0 spiro atoms. The van der Waals surface area contributed by atoms with Gasteiger partial charge in [0.1, 0.15) is 0 Å². The van der Waals surface area contributed by atoms with E-state index in [1.807, 2.05) is 60.7 Å². The maximum Gasteiger partial charge on any atom is 0.173 e. The van der Waals surface area contributed by atoms with E-state index in [0.29, 0.717) is 17.6 Å². The van der Waals surface area contributed by atoms with Crippen LogP contribution in [0.3, 0.4) is 0 Å². The van der Waals surface area contributed by atoms with Gasteiger partial charge in [-0.3, -0.25) is 9.90 Å². The first-order valence-electron chi connectivity index (χ1n) is 7.64. The van der Waals surface area contributed by atoms with Crippen LogP contribution in [-0.4, -0.2) is 5.78 Å². The summed E-state index contributed by atoms with van der Waals surface area (Å²) in [5.74, 6) is -0.187. The second-order valence-electron chi connectivity index (χ2n) is 5.52. The first-order valence-corrected chi connectivity index (χ1v) is 7.64. The van der Waals surface area contributed by atoms with Crippen molar-refractivity contribution in [2.75, 3.05) is 0 Å². The standard InChI is InChI=1S/C21H17O2/c22-20(15-16-7-3-1-4-8-16)17-11-13-19(14-12-17)21(23)18-9-5-2-6-10-18/h1-14,19H,15H2. The molecule has 3 rings (SSSR count). The molecule has 23 heavy (non-hydrogen) atoms. The fraction of sp³-hybridized carbons (Fsp3) is 0.0952. The van der Waals surface area contributed by atoms with Crippen molar-refractivity contribution >= 4 is 5.78 Å². The lowest BCUT2D eigenvalue weighted by molar-refractivity contribution is 0.0964. The molecule has 0 aliphatic heterocycles. The van der Waals surface area contributed by atoms with Gasteiger partial charge in [0.05, 0.1) is 5.92 Å². The minimum atomic E-state index is -0.300. The molecule has 0 N–H and O–H groups in total. The van der Waals surface area contributed by atoms with Crippen molar-refractivity contribution in [2.45, 2.75) is 6.42 Å². The maximum absolute atomic E-state index is 12.4. The number of hydrogen-bond acceptors (Lipinski definition) is 1. The van der Waals surface area contributed by atoms with E-state index in [-0.39, 0.29) is 17.5 Å². The predicted octanol–water partition coefficient (Wildman–Crippen LogP) is 4.54. The third-order valence-electron chi connectivity index (χ3n) is 3.86. The lowest BCUT2D eigenvalue weighted by Crippen LogP contribution is -2.12. The van der Waals surface area contributed by atoms with Crippen molar-refractivity contribution in [2.24, 2.45) is 5.92 Å². The molecule has 0 bridgehead atoms. The summed E-state index contributed by atoms with van der Waals surface area (Å²) in [4.78, 5) is 12.4. The Labute approximate surface area is 136 Å². The summed E-state index contributed by atoms with van der Waals surface area (Å²) in [6.07, 6.45) is 7.50. The third kappa shape index (κ3) is 3.67. The molecule has 0 amide bonds. The third-order valence-corrected chi connectivity index (χ3v) is 3.86. The zero-order valence-corrected chi connectivity index (χ0v) is 12.7. The van der Waals surface area contributed by atoms with Gasteiger partial charge in [0, 0.05) is 17.6 Å². The van der Waals surface area contributed by atoms with Gasteiger partial charge >= 0.3 is 0 Å². The van der Waals surface area contributed by atoms with E-state index in [1.54, 1.807) is 24.3 Å². The van der Waals surface area contributed by atoms with Crippen LogP contribution >= 0.6 is 0 Å². The van der Waals surface area contributed by atoms with Gasteiger partial charge in [-0.25, -0.2) is 0 Å². The largest absolute Gasteiger partial charge is 0.294 e. The van der Waals surface area contributed by atoms with Crippen LogP contribution in [0.5, 0.6) is 0 Å². The van der Waals surface area contributed by atoms with Crippen LogP contribution in [-0.2, 0) is 11.5 Å². The lowest BCUT2D eigenvalue weighted by Gasteiger charge is -2.12. The van der Waals surface area contributed by atoms with Gasteiger partial charge in [-0.1, -0.05) is 85.0 Å². The summed E-state index contributed by atoms with van der Waals surface area (Å²) in [6, 6.07) is 18.9. The summed E-state index contributed by atoms with van der Waals surface area (Å²) in [6.45, 7) is 0. The van der Waals surface area contributed by atoms with E-state index in [9.17, 15) is 9.90 Å². The Balaban J connectivity index is 1.72. The smallest absolute Gasteiger partial charge is 0.173 e. The first-order chi connectivity index (χ1) is 11.2. The molecule has 0 fully saturated rings. The van der Waals surface area contributed by atoms with Crippen LogP contribution in [0.1, 0.15) is 15.9 Å². The number of carbonyl (C=O) groups excluding carboxylic acids is 1. The van der Waals surface area contributed by atoms with Crippen molar-refractivity contribution in [3.63, 3.8) is 0 Å². The van der Waals surface area contributed by atoms with Crippen LogP contribution in [0, 0.1) is 5.92 Å². The minimum Gasteiger partial charge on any atom is -0.294 e. The first kappa shape index (κ1) is 15.0. The molecule has 0 atom stereocenters. The van der Waals surface area contributed by atoms with E-state index < -0.39 is 0 Å². The van der Waals surface area contributed by atoms with Gasteiger partial charge in [0.15, 0.2) is 11.5 Å². The topological polar surface area (TPSA) is 37.0 Å². The molecule has 2 heteroatoms. The van der Waals surface area contributed by atoms with Crippen LogP contribution < -0.4 is 0 Å². The molecule has 0 aromatic heterocycles. The Morgan fingerprint density at radius 3 is 2.00 bits per heavy atom. The zero-order valence-electron chi connectivity index (χ0n) is 12.7. The molecule has 2 aromatic rings. The number of ketones is 1. The Morgan fingerprint density at radius 1 is 0.826 bits per heavy atom. The van der Waals surface area contributed by atoms with Crippen molar-refractivity contribution < 1.29 is 9.90 Å². The number of hydrogen-bond donors (Lipinski definition) is 0. The van der Waals surface area contributed by atoms with Gasteiger partial charge in [-0.15, -0.1) is 0 Å². The summed E-state index contributed by atoms with van der Waals surface area (Å²) in [5, 5.41) is 12.3. The summed E-state index contributed by atoms with van der Waals surface area (Å²) >= 11 is 0. The molecule has 1 aliphatic rings. The zero-order chi connectivity index (χ0) is 16.1. The fourth-order valence-electron chi connectivity index (χ4n) is 2.57. The molecule has 1 aliphatic carbocycles. The molecule has 2 aromatic carbocycles. The van der Waals surface area contributed by atoms with E-state index in [2.05, 4.69) is 0 Å². The van der Waals surface area contributed by atoms with E-state index >= 15 is 0 Å². The van der Waals surface area contributed by atoms with E-state index in [1.165, 1.54) is 0 Å². The van der Waals surface area contributed by atoms with Crippen LogP contribution in [0.4, 0.5) is 0 Å². The highest BCUT2D eigenvalue weighted by molar-refractivity contribution is 6.00. The van der Waals surface area contributed by atoms with Gasteiger partial charge in [0.25, 0.3) is 0 Å². The normalized spacial score (nSPS) is 16.3. The Hall–Kier alpha value is -2.87. The molecule has 0 unspecified atom stereocenters. The highest BCUT2D eigenvalue weighted by Crippen LogP contribution is 2.21. The van der Waals surface area contributed by atoms with Gasteiger partial charge in [-0.05, 0) is 5.56 Å². The second kappa shape index (κ2) is 6.93. The summed E-state index contributed by atoms with van der Waals surface area (Å²) in [5.41, 5.74) is 2.33. The van der Waals surface area contributed by atoms with E-state index in [0.717, 1.165) is 5.56 Å². The number of allylic oxidation sites excluding steroid dienone is 6. The van der Waals surface area contributed by atoms with Crippen LogP contribution in [0.2, 0.25) is 0 Å². The molecule has 1 radical (unpaired) electrons. The second-order valence-corrected chi connectivity index (χ2v) is 5.52. The average Bonchev–Trinajstić information content (AvgIpc) is 2.63. The molecule has 0 saturated carbocycles. The molecular formula is C21H17O2. The fourth-order valence-corrected chi connectivity index (χ4v) is 2.57. The Kier molecular flexibility index (Phi) is 4.53. The summed E-state index contributed by atoms with van der Waals surface area (Å²) < 4.78 is 0. The minimum absolute atomic E-state index is 0.0488. The van der Waals surface area contributed by atoms with Gasteiger partial charge < -0.3 is 0 Å². The molecule has 0 saturated heterocycles. The molecule has 113 valence electrons. The average molecular weight is 301 g/mol. The van der Waals surface area contributed by atoms with Crippen molar-refractivity contribution in [1.29, 1.82) is 0 Å². The SMILES string of the molecule is [O]C(Cc1ccccc1)=C1C=CC(C(=O)c2ccccc2)C=C1. The van der Waals surface area contributed by atoms with Crippen LogP contribution in [0.15, 0.2) is 96.3 Å². The quantitative estimate of drug-likeness (QED) is 0.603. The Morgan fingerprint density at radius 2 is 1.39 bits per heavy atom. The number of carbonyl (C=O) groups is 1. The highest BCUT2D eigenvalue weighted by Gasteiger charge is 2.17. The molecule has 2 nitrogen and oxygen atoms in total. The van der Waals surface area contributed by atoms with Crippen molar-refractivity contribution in [1.82, 2.24) is 0 Å². The highest BCUT2D eigenvalue weighted by atomic mass is 16.3. The number of rotatable bonds is 4. The Bertz CT molecular complexity index is 752. The predicted molar refractivity (Wildman–Crippen MR) is 90.4 cm³/mol. The van der Waals surface area contributed by atoms with E-state index in [4.69, 9.17) is 0 Å². The van der Waals surface area contributed by atoms with Crippen molar-refractivity contribution in [3.05, 3.63) is 107 Å². The monoisotopic (exact) mass is 301 g/mol. The molecule has 0 heterocycles. The van der Waals surface area contributed by atoms with Gasteiger partial charge in [-0.2, -0.15) is 0 Å². The summed E-state index contributed by atoms with van der Waals surface area (Å²) in [7, 11) is 0. The lowest BCUT2D eigenvalue weighted by atomic mass is 9.91. The molecular weight excluding hydrogens is 284 g/mol. The van der Waals surface area contributed by atoms with Crippen LogP contribution in [0.25, 0.3) is 0 Å². The number of Topliss-reactive ketones (excluding diaryl/α,β-unsaturated/α-hetero) is 1. The van der Waals surface area contributed by atoms with Crippen molar-refractivity contribution in [3.8, 4) is 0 Å². The van der Waals surface area contributed by atoms with Gasteiger partial charge in [0.2, 0.25) is 0 Å². The number of benzene rings is 2.